The second-order valence-corrected chi connectivity index (χ2v) is 8.62. The first kappa shape index (κ1) is 10.9. The van der Waals surface area contributed by atoms with E-state index in [0.29, 0.717) is 0 Å². The third-order valence-corrected chi connectivity index (χ3v) is 2.59. The maximum atomic E-state index is 10.9. The minimum absolute atomic E-state index is 0.102. The summed E-state index contributed by atoms with van der Waals surface area (Å²) in [7, 11) is -1.80. The van der Waals surface area contributed by atoms with E-state index in [1.165, 1.54) is 24.3 Å². The minimum atomic E-state index is -1.80. The van der Waals surface area contributed by atoms with Gasteiger partial charge >= 0.3 is 0 Å². The maximum absolute atomic E-state index is 10.9. The van der Waals surface area contributed by atoms with Crippen molar-refractivity contribution in [3.8, 4) is 6.07 Å². The van der Waals surface area contributed by atoms with Gasteiger partial charge in [-0.15, -0.1) is 0 Å². The Morgan fingerprint density at radius 1 is 1.36 bits per heavy atom. The number of nitriles is 1. The number of carbonyl (C=O) groups is 1. The lowest BCUT2D eigenvalue weighted by Crippen LogP contribution is -2.40. The van der Waals surface area contributed by atoms with Gasteiger partial charge in [-0.05, 0) is 43.9 Å². The van der Waals surface area contributed by atoms with E-state index < -0.39 is 13.9 Å². The maximum Gasteiger partial charge on any atom is 0.186 e. The zero-order valence-electron chi connectivity index (χ0n) is 8.57. The largest absolute Gasteiger partial charge is 0.394 e. The van der Waals surface area contributed by atoms with Crippen molar-refractivity contribution in [2.24, 2.45) is 0 Å². The summed E-state index contributed by atoms with van der Waals surface area (Å²) in [4.78, 5) is 10.9. The monoisotopic (exact) mass is 207 g/mol. The van der Waals surface area contributed by atoms with Gasteiger partial charge in [0.2, 0.25) is 0 Å². The molecule has 0 aromatic heterocycles. The lowest BCUT2D eigenvalue weighted by molar-refractivity contribution is -0.110. The van der Waals surface area contributed by atoms with E-state index in [-0.39, 0.29) is 5.78 Å². The number of carbonyl (C=O) groups excluding carboxylic acids is 1. The number of hydrogen-bond acceptors (Lipinski definition) is 3. The lowest BCUT2D eigenvalue weighted by Gasteiger charge is -2.29. The molecule has 1 aliphatic carbocycles. The van der Waals surface area contributed by atoms with E-state index in [2.05, 4.69) is 6.07 Å². The molecule has 1 aliphatic rings. The molecule has 0 saturated carbocycles. The topological polar surface area (TPSA) is 50.1 Å². The van der Waals surface area contributed by atoms with Crippen LogP contribution in [-0.2, 0) is 9.22 Å². The van der Waals surface area contributed by atoms with Crippen molar-refractivity contribution in [2.45, 2.75) is 25.2 Å². The molecule has 0 heterocycles. The fourth-order valence-electron chi connectivity index (χ4n) is 1.20. The first-order valence-corrected chi connectivity index (χ1v) is 7.82. The smallest absolute Gasteiger partial charge is 0.186 e. The molecule has 0 spiro atoms. The molecule has 0 N–H and O–H groups in total. The molecule has 0 bridgehead atoms. The SMILES string of the molecule is C[Si](C)(C)OC1(C#N)C=CC(=O)C=C1. The van der Waals surface area contributed by atoms with Crippen LogP contribution in [0.4, 0.5) is 0 Å². The van der Waals surface area contributed by atoms with E-state index >= 15 is 0 Å². The van der Waals surface area contributed by atoms with Gasteiger partial charge in [0.05, 0.1) is 0 Å². The van der Waals surface area contributed by atoms with Crippen molar-refractivity contribution in [2.75, 3.05) is 0 Å². The van der Waals surface area contributed by atoms with Crippen LogP contribution in [-0.4, -0.2) is 19.7 Å². The molecule has 0 radical (unpaired) electrons. The zero-order valence-corrected chi connectivity index (χ0v) is 9.57. The van der Waals surface area contributed by atoms with Crippen molar-refractivity contribution in [1.29, 1.82) is 5.26 Å². The van der Waals surface area contributed by atoms with Crippen molar-refractivity contribution < 1.29 is 9.22 Å². The van der Waals surface area contributed by atoms with Crippen molar-refractivity contribution in [1.82, 2.24) is 0 Å². The van der Waals surface area contributed by atoms with E-state index in [1.807, 2.05) is 19.6 Å². The quantitative estimate of drug-likeness (QED) is 0.649. The average molecular weight is 207 g/mol. The standard InChI is InChI=1S/C10H13NO2Si/c1-14(2,3)13-10(8-11)6-4-9(12)5-7-10/h4-7H,1-3H3. The van der Waals surface area contributed by atoms with E-state index in [9.17, 15) is 4.79 Å². The van der Waals surface area contributed by atoms with Gasteiger partial charge in [-0.1, -0.05) is 0 Å². The Morgan fingerprint density at radius 3 is 2.21 bits per heavy atom. The Balaban J connectivity index is 2.92. The summed E-state index contributed by atoms with van der Waals surface area (Å²) in [5.74, 6) is -0.102. The van der Waals surface area contributed by atoms with Gasteiger partial charge in [0.25, 0.3) is 0 Å². The van der Waals surface area contributed by atoms with Crippen LogP contribution in [0.25, 0.3) is 0 Å². The van der Waals surface area contributed by atoms with Crippen molar-refractivity contribution >= 4 is 14.1 Å². The van der Waals surface area contributed by atoms with E-state index in [0.717, 1.165) is 0 Å². The van der Waals surface area contributed by atoms with Gasteiger partial charge in [-0.25, -0.2) is 0 Å². The van der Waals surface area contributed by atoms with Gasteiger partial charge < -0.3 is 4.43 Å². The summed E-state index contributed by atoms with van der Waals surface area (Å²) >= 11 is 0. The number of hydrogen-bond donors (Lipinski definition) is 0. The Morgan fingerprint density at radius 2 is 1.86 bits per heavy atom. The van der Waals surface area contributed by atoms with Crippen molar-refractivity contribution in [3.63, 3.8) is 0 Å². The first-order chi connectivity index (χ1) is 6.37. The second kappa shape index (κ2) is 3.52. The van der Waals surface area contributed by atoms with Gasteiger partial charge in [-0.3, -0.25) is 4.79 Å². The molecular weight excluding hydrogens is 194 g/mol. The first-order valence-electron chi connectivity index (χ1n) is 4.41. The highest BCUT2D eigenvalue weighted by molar-refractivity contribution is 6.69. The zero-order chi connectivity index (χ0) is 10.8. The summed E-state index contributed by atoms with van der Waals surface area (Å²) < 4.78 is 5.72. The fraction of sp³-hybridized carbons (Fsp3) is 0.400. The Bertz CT molecular complexity index is 328. The van der Waals surface area contributed by atoms with Crippen LogP contribution in [0.5, 0.6) is 0 Å². The molecule has 74 valence electrons. The van der Waals surface area contributed by atoms with Crippen LogP contribution in [0.2, 0.25) is 19.6 Å². The molecule has 0 aromatic rings. The molecule has 0 unspecified atom stereocenters. The molecule has 0 fully saturated rings. The molecule has 0 amide bonds. The molecule has 3 nitrogen and oxygen atoms in total. The number of ketones is 1. The highest BCUT2D eigenvalue weighted by atomic mass is 28.4. The van der Waals surface area contributed by atoms with Gasteiger partial charge in [0.15, 0.2) is 19.7 Å². The van der Waals surface area contributed by atoms with Crippen LogP contribution < -0.4 is 0 Å². The molecule has 1 rings (SSSR count). The summed E-state index contributed by atoms with van der Waals surface area (Å²) in [5, 5.41) is 9.02. The van der Waals surface area contributed by atoms with E-state index in [1.54, 1.807) is 0 Å². The predicted molar refractivity (Wildman–Crippen MR) is 56.1 cm³/mol. The molecule has 0 saturated heterocycles. The molecule has 0 aliphatic heterocycles. The van der Waals surface area contributed by atoms with Crippen LogP contribution in [0.15, 0.2) is 24.3 Å². The second-order valence-electron chi connectivity index (χ2n) is 4.19. The van der Waals surface area contributed by atoms with Gasteiger partial charge in [0.1, 0.15) is 6.07 Å². The third kappa shape index (κ3) is 2.65. The summed E-state index contributed by atoms with van der Waals surface area (Å²) in [5.41, 5.74) is -1.03. The number of allylic oxidation sites excluding steroid dienone is 2. The van der Waals surface area contributed by atoms with Crippen LogP contribution in [0, 0.1) is 11.3 Å². The molecule has 14 heavy (non-hydrogen) atoms. The molecule has 0 atom stereocenters. The van der Waals surface area contributed by atoms with Gasteiger partial charge in [0, 0.05) is 0 Å². The number of rotatable bonds is 2. The summed E-state index contributed by atoms with van der Waals surface area (Å²) in [6, 6.07) is 2.08. The van der Waals surface area contributed by atoms with E-state index in [4.69, 9.17) is 9.69 Å². The molecule has 0 aromatic carbocycles. The Hall–Kier alpha value is -1.18. The third-order valence-electron chi connectivity index (χ3n) is 1.64. The Kier molecular flexibility index (Phi) is 2.74. The minimum Gasteiger partial charge on any atom is -0.394 e. The predicted octanol–water partition coefficient (Wildman–Crippen LogP) is 1.80. The Labute approximate surface area is 84.8 Å². The highest BCUT2D eigenvalue weighted by Gasteiger charge is 2.33. The molecular formula is C10H13NO2Si. The summed E-state index contributed by atoms with van der Waals surface area (Å²) in [6.07, 6.45) is 5.80. The molecule has 4 heteroatoms. The number of nitrogens with zero attached hydrogens (tertiary/aromatic N) is 1. The average Bonchev–Trinajstić information content (AvgIpc) is 2.07. The van der Waals surface area contributed by atoms with Crippen LogP contribution in [0.3, 0.4) is 0 Å². The van der Waals surface area contributed by atoms with Crippen LogP contribution >= 0.6 is 0 Å². The van der Waals surface area contributed by atoms with Crippen molar-refractivity contribution in [3.05, 3.63) is 24.3 Å². The van der Waals surface area contributed by atoms with Gasteiger partial charge in [-0.2, -0.15) is 5.26 Å². The van der Waals surface area contributed by atoms with Crippen LogP contribution in [0.1, 0.15) is 0 Å². The highest BCUT2D eigenvalue weighted by Crippen LogP contribution is 2.23. The fourth-order valence-corrected chi connectivity index (χ4v) is 2.39. The lowest BCUT2D eigenvalue weighted by atomic mass is 10.00. The summed E-state index contributed by atoms with van der Waals surface area (Å²) in [6.45, 7) is 6.01. The normalized spacial score (nSPS) is 19.4.